The Kier molecular flexibility index (Phi) is 4.31. The van der Waals surface area contributed by atoms with Crippen LogP contribution in [0.15, 0.2) is 11.6 Å². The third-order valence-corrected chi connectivity index (χ3v) is 4.98. The fourth-order valence-electron chi connectivity index (χ4n) is 3.22. The summed E-state index contributed by atoms with van der Waals surface area (Å²) >= 11 is 1.49. The Morgan fingerprint density at radius 1 is 1.40 bits per heavy atom. The molecule has 0 aliphatic carbocycles. The number of hydrogen-bond acceptors (Lipinski definition) is 4. The van der Waals surface area contributed by atoms with Gasteiger partial charge in [-0.3, -0.25) is 14.1 Å². The Morgan fingerprint density at radius 2 is 2.20 bits per heavy atom. The number of halogens is 1. The van der Waals surface area contributed by atoms with Gasteiger partial charge in [-0.05, 0) is 29.9 Å². The highest BCUT2D eigenvalue weighted by molar-refractivity contribution is 7.03. The van der Waals surface area contributed by atoms with Gasteiger partial charge in [0.05, 0.1) is 6.67 Å². The molecule has 2 aliphatic rings. The van der Waals surface area contributed by atoms with E-state index in [-0.39, 0.29) is 18.5 Å². The summed E-state index contributed by atoms with van der Waals surface area (Å²) in [5, 5.41) is 2.09. The molecule has 0 bridgehead atoms. The van der Waals surface area contributed by atoms with E-state index >= 15 is 0 Å². The van der Waals surface area contributed by atoms with Crippen LogP contribution in [-0.2, 0) is 11.3 Å². The van der Waals surface area contributed by atoms with Crippen molar-refractivity contribution in [2.45, 2.75) is 31.8 Å². The molecule has 1 atom stereocenters. The average molecular weight is 297 g/mol. The van der Waals surface area contributed by atoms with E-state index in [0.29, 0.717) is 19.0 Å². The summed E-state index contributed by atoms with van der Waals surface area (Å²) in [6.07, 6.45) is 4.33. The summed E-state index contributed by atoms with van der Waals surface area (Å²) in [4.78, 5) is 16.3. The number of aromatic nitrogens is 1. The summed E-state index contributed by atoms with van der Waals surface area (Å²) in [6, 6.07) is 0.316. The maximum Gasteiger partial charge on any atom is 0.223 e. The molecule has 0 radical (unpaired) electrons. The van der Waals surface area contributed by atoms with E-state index < -0.39 is 0 Å². The smallest absolute Gasteiger partial charge is 0.223 e. The lowest BCUT2D eigenvalue weighted by Gasteiger charge is -2.36. The molecule has 3 rings (SSSR count). The maximum absolute atomic E-state index is 12.7. The highest BCUT2D eigenvalue weighted by Gasteiger charge is 2.35. The fourth-order valence-corrected chi connectivity index (χ4v) is 3.74. The number of carbonyl (C=O) groups excluding carboxylic acids is 1. The van der Waals surface area contributed by atoms with Gasteiger partial charge in [0.25, 0.3) is 0 Å². The molecule has 0 spiro atoms. The molecule has 1 aromatic rings. The van der Waals surface area contributed by atoms with Crippen molar-refractivity contribution in [2.75, 3.05) is 26.3 Å². The van der Waals surface area contributed by atoms with Gasteiger partial charge in [0.1, 0.15) is 0 Å². The molecule has 2 saturated heterocycles. The van der Waals surface area contributed by atoms with E-state index in [1.165, 1.54) is 17.1 Å². The minimum absolute atomic E-state index is 0.0718. The van der Waals surface area contributed by atoms with Crippen molar-refractivity contribution in [1.82, 2.24) is 14.2 Å². The molecular formula is C14H20FN3OS. The summed E-state index contributed by atoms with van der Waals surface area (Å²) in [7, 11) is 0. The second-order valence-corrected chi connectivity index (χ2v) is 6.47. The third-order valence-electron chi connectivity index (χ3n) is 4.34. The zero-order valence-corrected chi connectivity index (χ0v) is 12.3. The van der Waals surface area contributed by atoms with Crippen LogP contribution in [0, 0.1) is 5.92 Å². The average Bonchev–Trinajstić information content (AvgIpc) is 3.09. The highest BCUT2D eigenvalue weighted by Crippen LogP contribution is 2.26. The van der Waals surface area contributed by atoms with Crippen LogP contribution >= 0.6 is 11.5 Å². The molecule has 2 fully saturated rings. The van der Waals surface area contributed by atoms with Gasteiger partial charge in [-0.15, -0.1) is 0 Å². The van der Waals surface area contributed by atoms with Crippen molar-refractivity contribution in [3.05, 3.63) is 17.1 Å². The molecule has 4 nitrogen and oxygen atoms in total. The molecule has 110 valence electrons. The van der Waals surface area contributed by atoms with Crippen LogP contribution in [-0.4, -0.2) is 52.4 Å². The van der Waals surface area contributed by atoms with Crippen LogP contribution in [0.5, 0.6) is 0 Å². The maximum atomic E-state index is 12.7. The Morgan fingerprint density at radius 3 is 2.80 bits per heavy atom. The summed E-state index contributed by atoms with van der Waals surface area (Å²) in [5.41, 5.74) is 1.27. The predicted molar refractivity (Wildman–Crippen MR) is 76.2 cm³/mol. The molecule has 1 amide bonds. The summed E-state index contributed by atoms with van der Waals surface area (Å²) < 4.78 is 16.8. The Labute approximate surface area is 122 Å². The first-order valence-electron chi connectivity index (χ1n) is 7.22. The first kappa shape index (κ1) is 13.9. The van der Waals surface area contributed by atoms with Crippen LogP contribution in [0.4, 0.5) is 4.39 Å². The van der Waals surface area contributed by atoms with Crippen LogP contribution < -0.4 is 0 Å². The lowest BCUT2D eigenvalue weighted by atomic mass is 10.0. The van der Waals surface area contributed by atoms with Crippen LogP contribution in [0.2, 0.25) is 0 Å². The number of amides is 1. The molecule has 6 heteroatoms. The minimum atomic E-state index is -0.369. The van der Waals surface area contributed by atoms with E-state index in [1.807, 2.05) is 11.1 Å². The fraction of sp³-hybridized carbons (Fsp3) is 0.714. The van der Waals surface area contributed by atoms with E-state index in [1.54, 1.807) is 0 Å². The minimum Gasteiger partial charge on any atom is -0.339 e. The zero-order chi connectivity index (χ0) is 13.9. The quantitative estimate of drug-likeness (QED) is 0.852. The standard InChI is InChI=1S/C14H20FN3OS/c15-6-11-5-14(19)18(9-11)13-1-3-17(4-2-13)8-12-7-16-20-10-12/h7,10-11,13H,1-6,8-9H2. The van der Waals surface area contributed by atoms with Gasteiger partial charge < -0.3 is 4.90 Å². The first-order valence-corrected chi connectivity index (χ1v) is 8.06. The van der Waals surface area contributed by atoms with E-state index in [9.17, 15) is 9.18 Å². The summed E-state index contributed by atoms with van der Waals surface area (Å²) in [6.45, 7) is 3.21. The van der Waals surface area contributed by atoms with Crippen LogP contribution in [0.1, 0.15) is 24.8 Å². The lowest BCUT2D eigenvalue weighted by molar-refractivity contribution is -0.130. The number of rotatable bonds is 4. The van der Waals surface area contributed by atoms with E-state index in [2.05, 4.69) is 14.7 Å². The number of alkyl halides is 1. The molecule has 3 heterocycles. The van der Waals surface area contributed by atoms with Crippen LogP contribution in [0.3, 0.4) is 0 Å². The van der Waals surface area contributed by atoms with Gasteiger partial charge in [0.2, 0.25) is 5.91 Å². The van der Waals surface area contributed by atoms with Crippen molar-refractivity contribution in [1.29, 1.82) is 0 Å². The second-order valence-electron chi connectivity index (χ2n) is 5.81. The van der Waals surface area contributed by atoms with Crippen molar-refractivity contribution in [3.8, 4) is 0 Å². The normalized spacial score (nSPS) is 25.6. The van der Waals surface area contributed by atoms with Gasteiger partial charge in [-0.2, -0.15) is 0 Å². The molecule has 1 aromatic heterocycles. The second kappa shape index (κ2) is 6.18. The molecule has 2 aliphatic heterocycles. The van der Waals surface area contributed by atoms with Crippen molar-refractivity contribution < 1.29 is 9.18 Å². The summed E-state index contributed by atoms with van der Waals surface area (Å²) in [5.74, 6) is 0.0746. The Hall–Kier alpha value is -1.01. The molecular weight excluding hydrogens is 277 g/mol. The lowest BCUT2D eigenvalue weighted by Crippen LogP contribution is -2.45. The third kappa shape index (κ3) is 3.01. The Bertz CT molecular complexity index is 445. The largest absolute Gasteiger partial charge is 0.339 e. The van der Waals surface area contributed by atoms with Gasteiger partial charge in [-0.1, -0.05) is 0 Å². The molecule has 0 saturated carbocycles. The highest BCUT2D eigenvalue weighted by atomic mass is 32.1. The van der Waals surface area contributed by atoms with Crippen molar-refractivity contribution in [3.63, 3.8) is 0 Å². The Balaban J connectivity index is 1.50. The van der Waals surface area contributed by atoms with Gasteiger partial charge in [0.15, 0.2) is 0 Å². The van der Waals surface area contributed by atoms with Crippen molar-refractivity contribution >= 4 is 17.4 Å². The van der Waals surface area contributed by atoms with Crippen LogP contribution in [0.25, 0.3) is 0 Å². The van der Waals surface area contributed by atoms with E-state index in [4.69, 9.17) is 0 Å². The molecule has 20 heavy (non-hydrogen) atoms. The number of nitrogens with zero attached hydrogens (tertiary/aromatic N) is 3. The van der Waals surface area contributed by atoms with Gasteiger partial charge in [-0.25, -0.2) is 4.37 Å². The zero-order valence-electron chi connectivity index (χ0n) is 11.5. The number of hydrogen-bond donors (Lipinski definition) is 0. The molecule has 0 aromatic carbocycles. The van der Waals surface area contributed by atoms with Crippen molar-refractivity contribution in [2.24, 2.45) is 5.92 Å². The predicted octanol–water partition coefficient (Wildman–Crippen LogP) is 1.93. The SMILES string of the molecule is O=C1CC(CF)CN1C1CCN(Cc2cnsc2)CC1. The van der Waals surface area contributed by atoms with E-state index in [0.717, 1.165) is 32.5 Å². The molecule has 0 N–H and O–H groups in total. The topological polar surface area (TPSA) is 36.4 Å². The monoisotopic (exact) mass is 297 g/mol. The number of carbonyl (C=O) groups is 1. The first-order chi connectivity index (χ1) is 9.76. The number of piperidine rings is 1. The molecule has 1 unspecified atom stereocenters. The van der Waals surface area contributed by atoms with Gasteiger partial charge >= 0.3 is 0 Å². The van der Waals surface area contributed by atoms with Gasteiger partial charge in [0, 0.05) is 56.1 Å². The number of likely N-dealkylation sites (tertiary alicyclic amines) is 2.